The number of hydrogen-bond donors (Lipinski definition) is 0. The Kier molecular flexibility index (Phi) is 6.01. The second-order valence-electron chi connectivity index (χ2n) is 6.57. The summed E-state index contributed by atoms with van der Waals surface area (Å²) in [4.78, 5) is 26.3. The number of non-ortho nitro benzene ring substituents is 1. The molecule has 0 radical (unpaired) electrons. The van der Waals surface area contributed by atoms with Crippen LogP contribution in [0.15, 0.2) is 59.0 Å². The van der Waals surface area contributed by atoms with Crippen molar-refractivity contribution in [3.63, 3.8) is 0 Å². The fourth-order valence-electron chi connectivity index (χ4n) is 3.13. The lowest BCUT2D eigenvalue weighted by Crippen LogP contribution is -2.09. The first-order chi connectivity index (χ1) is 13.9. The van der Waals surface area contributed by atoms with Crippen molar-refractivity contribution >= 4 is 22.8 Å². The van der Waals surface area contributed by atoms with Crippen LogP contribution in [0.2, 0.25) is 0 Å². The highest BCUT2D eigenvalue weighted by molar-refractivity contribution is 5.81. The van der Waals surface area contributed by atoms with Crippen molar-refractivity contribution in [3.05, 3.63) is 82.0 Å². The average molecular weight is 398 g/mol. The van der Waals surface area contributed by atoms with Crippen molar-refractivity contribution in [2.24, 2.45) is 0 Å². The van der Waals surface area contributed by atoms with Crippen LogP contribution in [0.3, 0.4) is 0 Å². The number of benzene rings is 2. The summed E-state index contributed by atoms with van der Waals surface area (Å²) >= 11 is 0. The number of nitro groups is 1. The van der Waals surface area contributed by atoms with Gasteiger partial charge in [-0.05, 0) is 36.1 Å². The second kappa shape index (κ2) is 8.64. The molecule has 0 aliphatic heterocycles. The van der Waals surface area contributed by atoms with Crippen molar-refractivity contribution in [2.75, 3.05) is 7.11 Å². The van der Waals surface area contributed by atoms with Crippen LogP contribution in [-0.4, -0.2) is 23.0 Å². The molecule has 2 atom stereocenters. The topological polar surface area (TPSA) is 95.5 Å². The zero-order valence-electron chi connectivity index (χ0n) is 15.9. The van der Waals surface area contributed by atoms with Gasteiger partial charge in [-0.2, -0.15) is 0 Å². The van der Waals surface area contributed by atoms with E-state index < -0.39 is 10.9 Å². The van der Waals surface area contributed by atoms with Gasteiger partial charge in [0.1, 0.15) is 11.3 Å². The molecule has 1 unspecified atom stereocenters. The fraction of sp³-hybridized carbons (Fsp3) is 0.238. The summed E-state index contributed by atoms with van der Waals surface area (Å²) in [6, 6.07) is 10.3. The summed E-state index contributed by atoms with van der Waals surface area (Å²) in [5, 5.41) is 11.0. The first kappa shape index (κ1) is 20.2. The third-order valence-corrected chi connectivity index (χ3v) is 4.74. The van der Waals surface area contributed by atoms with E-state index in [1.165, 1.54) is 43.5 Å². The Bertz CT molecular complexity index is 1060. The SMILES string of the molecule is COC(=O)/C=C/C[C@@H](c1ccc(F)cc1)C(C)c1nc2ccc([N+](=O)[O-])cc2o1. The van der Waals surface area contributed by atoms with Crippen LogP contribution < -0.4 is 0 Å². The second-order valence-corrected chi connectivity index (χ2v) is 6.57. The predicted octanol–water partition coefficient (Wildman–Crippen LogP) is 4.88. The largest absolute Gasteiger partial charge is 0.466 e. The molecule has 0 N–H and O–H groups in total. The van der Waals surface area contributed by atoms with Crippen LogP contribution in [-0.2, 0) is 9.53 Å². The number of ether oxygens (including phenoxy) is 1. The zero-order chi connectivity index (χ0) is 21.0. The van der Waals surface area contributed by atoms with Gasteiger partial charge in [-0.3, -0.25) is 10.1 Å². The van der Waals surface area contributed by atoms with Crippen molar-refractivity contribution in [3.8, 4) is 0 Å². The highest BCUT2D eigenvalue weighted by atomic mass is 19.1. The van der Waals surface area contributed by atoms with E-state index in [0.717, 1.165) is 5.56 Å². The molecule has 0 saturated heterocycles. The Morgan fingerprint density at radius 2 is 2.03 bits per heavy atom. The molecule has 2 aromatic carbocycles. The Balaban J connectivity index is 1.94. The van der Waals surface area contributed by atoms with Gasteiger partial charge in [-0.1, -0.05) is 25.1 Å². The van der Waals surface area contributed by atoms with Crippen LogP contribution in [0.25, 0.3) is 11.1 Å². The molecule has 3 rings (SSSR count). The van der Waals surface area contributed by atoms with Crippen LogP contribution >= 0.6 is 0 Å². The van der Waals surface area contributed by atoms with Gasteiger partial charge in [0.05, 0.1) is 18.1 Å². The van der Waals surface area contributed by atoms with Gasteiger partial charge in [-0.25, -0.2) is 14.2 Å². The number of esters is 1. The number of oxazole rings is 1. The summed E-state index contributed by atoms with van der Waals surface area (Å²) in [6.45, 7) is 1.90. The number of nitrogens with zero attached hydrogens (tertiary/aromatic N) is 2. The molecule has 150 valence electrons. The summed E-state index contributed by atoms with van der Waals surface area (Å²) in [5.41, 5.74) is 1.61. The molecule has 0 fully saturated rings. The van der Waals surface area contributed by atoms with E-state index in [9.17, 15) is 19.3 Å². The summed E-state index contributed by atoms with van der Waals surface area (Å²) < 4.78 is 23.8. The number of aromatic nitrogens is 1. The molecule has 0 spiro atoms. The Labute approximate surface area is 166 Å². The smallest absolute Gasteiger partial charge is 0.330 e. The fourth-order valence-corrected chi connectivity index (χ4v) is 3.13. The average Bonchev–Trinajstić information content (AvgIpc) is 3.14. The van der Waals surface area contributed by atoms with Gasteiger partial charge >= 0.3 is 5.97 Å². The molecule has 7 nitrogen and oxygen atoms in total. The highest BCUT2D eigenvalue weighted by Crippen LogP contribution is 2.37. The van der Waals surface area contributed by atoms with E-state index >= 15 is 0 Å². The minimum atomic E-state index is -0.496. The number of hydrogen-bond acceptors (Lipinski definition) is 6. The number of rotatable bonds is 7. The molecule has 8 heteroatoms. The third kappa shape index (κ3) is 4.66. The van der Waals surface area contributed by atoms with Crippen molar-refractivity contribution in [1.29, 1.82) is 0 Å². The minimum absolute atomic E-state index is 0.0797. The number of methoxy groups -OCH3 is 1. The monoisotopic (exact) mass is 398 g/mol. The number of carbonyl (C=O) groups excluding carboxylic acids is 1. The summed E-state index contributed by atoms with van der Waals surface area (Å²) in [7, 11) is 1.30. The molecule has 29 heavy (non-hydrogen) atoms. The Hall–Kier alpha value is -3.55. The Morgan fingerprint density at radius 1 is 1.31 bits per heavy atom. The molecule has 0 amide bonds. The van der Waals surface area contributed by atoms with Crippen molar-refractivity contribution < 1.29 is 23.3 Å². The van der Waals surface area contributed by atoms with E-state index in [1.807, 2.05) is 6.92 Å². The lowest BCUT2D eigenvalue weighted by atomic mass is 9.84. The molecule has 0 bridgehead atoms. The van der Waals surface area contributed by atoms with E-state index in [2.05, 4.69) is 9.72 Å². The third-order valence-electron chi connectivity index (χ3n) is 4.74. The Morgan fingerprint density at radius 3 is 2.69 bits per heavy atom. The van der Waals surface area contributed by atoms with E-state index in [0.29, 0.717) is 23.4 Å². The van der Waals surface area contributed by atoms with Gasteiger partial charge in [0.25, 0.3) is 5.69 Å². The highest BCUT2D eigenvalue weighted by Gasteiger charge is 2.25. The first-order valence-electron chi connectivity index (χ1n) is 8.94. The number of fused-ring (bicyclic) bond motifs is 1. The standard InChI is InChI=1S/C21H19FN2O5/c1-13(21-23-18-11-10-16(24(26)27)12-19(18)29-21)17(4-3-5-20(25)28-2)14-6-8-15(22)9-7-14/h3,5-13,17H,4H2,1-2H3/b5-3+/t13?,17-/m1/s1. The molecule has 3 aromatic rings. The van der Waals surface area contributed by atoms with Gasteiger partial charge in [0.15, 0.2) is 11.5 Å². The van der Waals surface area contributed by atoms with Gasteiger partial charge < -0.3 is 9.15 Å². The summed E-state index contributed by atoms with van der Waals surface area (Å²) in [6.07, 6.45) is 3.48. The van der Waals surface area contributed by atoms with Gasteiger partial charge in [0.2, 0.25) is 0 Å². The quantitative estimate of drug-likeness (QED) is 0.244. The lowest BCUT2D eigenvalue weighted by molar-refractivity contribution is -0.384. The number of halogens is 1. The van der Waals surface area contributed by atoms with Crippen LogP contribution in [0, 0.1) is 15.9 Å². The number of nitro benzene ring substituents is 1. The van der Waals surface area contributed by atoms with E-state index in [-0.39, 0.29) is 23.3 Å². The molecular formula is C21H19FN2O5. The van der Waals surface area contributed by atoms with E-state index in [1.54, 1.807) is 18.2 Å². The van der Waals surface area contributed by atoms with Crippen LogP contribution in [0.1, 0.15) is 36.6 Å². The van der Waals surface area contributed by atoms with Gasteiger partial charge in [-0.15, -0.1) is 0 Å². The molecule has 0 aliphatic carbocycles. The number of allylic oxidation sites excluding steroid dienone is 1. The maximum atomic E-state index is 13.4. The van der Waals surface area contributed by atoms with Crippen molar-refractivity contribution in [2.45, 2.75) is 25.2 Å². The summed E-state index contributed by atoms with van der Waals surface area (Å²) in [5.74, 6) is -0.820. The maximum absolute atomic E-state index is 13.4. The first-order valence-corrected chi connectivity index (χ1v) is 8.94. The molecule has 0 aliphatic rings. The van der Waals surface area contributed by atoms with Crippen LogP contribution in [0.4, 0.5) is 10.1 Å². The molecule has 0 saturated carbocycles. The van der Waals surface area contributed by atoms with E-state index in [4.69, 9.17) is 4.42 Å². The number of carbonyl (C=O) groups is 1. The van der Waals surface area contributed by atoms with Crippen molar-refractivity contribution in [1.82, 2.24) is 4.98 Å². The van der Waals surface area contributed by atoms with Crippen LogP contribution in [0.5, 0.6) is 0 Å². The molecule has 1 aromatic heterocycles. The molecular weight excluding hydrogens is 379 g/mol. The van der Waals surface area contributed by atoms with Gasteiger partial charge in [0, 0.05) is 18.1 Å². The zero-order valence-corrected chi connectivity index (χ0v) is 15.9. The predicted molar refractivity (Wildman–Crippen MR) is 104 cm³/mol. The molecule has 1 heterocycles. The minimum Gasteiger partial charge on any atom is -0.466 e. The maximum Gasteiger partial charge on any atom is 0.330 e. The normalized spacial score (nSPS) is 13.5. The lowest BCUT2D eigenvalue weighted by Gasteiger charge is -2.21.